The zero-order chi connectivity index (χ0) is 11.8. The number of carbonyl (C=O) groups excluding carboxylic acids is 1. The molecule has 0 bridgehead atoms. The normalized spacial score (nSPS) is 17.9. The van der Waals surface area contributed by atoms with Gasteiger partial charge in [0.25, 0.3) is 5.79 Å². The summed E-state index contributed by atoms with van der Waals surface area (Å²) >= 11 is 1.48. The molecule has 0 unspecified atom stereocenters. The first kappa shape index (κ1) is 11.3. The van der Waals surface area contributed by atoms with E-state index < -0.39 is 5.79 Å². The maximum atomic E-state index is 12.3. The molecule has 1 aliphatic rings. The molecular weight excluding hydrogens is 228 g/mol. The number of carbonyl (C=O) groups is 1. The molecule has 86 valence electrons. The number of methoxy groups -OCH3 is 3. The van der Waals surface area contributed by atoms with Crippen molar-refractivity contribution < 1.29 is 19.0 Å². The predicted molar refractivity (Wildman–Crippen MR) is 60.4 cm³/mol. The van der Waals surface area contributed by atoms with Crippen LogP contribution >= 0.6 is 11.3 Å². The molecule has 0 atom stereocenters. The summed E-state index contributed by atoms with van der Waals surface area (Å²) < 4.78 is 15.6. The van der Waals surface area contributed by atoms with Crippen LogP contribution in [0.5, 0.6) is 0 Å². The Morgan fingerprint density at radius 3 is 2.50 bits per heavy atom. The topological polar surface area (TPSA) is 44.8 Å². The maximum absolute atomic E-state index is 12.3. The van der Waals surface area contributed by atoms with Gasteiger partial charge in [0.1, 0.15) is 0 Å². The monoisotopic (exact) mass is 240 g/mol. The van der Waals surface area contributed by atoms with Gasteiger partial charge in [-0.2, -0.15) is 0 Å². The molecule has 0 spiro atoms. The number of thiophene rings is 1. The minimum absolute atomic E-state index is 0.229. The van der Waals surface area contributed by atoms with E-state index in [1.54, 1.807) is 12.1 Å². The van der Waals surface area contributed by atoms with Crippen LogP contribution in [-0.4, -0.2) is 32.9 Å². The van der Waals surface area contributed by atoms with Gasteiger partial charge in [0.15, 0.2) is 5.76 Å². The first-order chi connectivity index (χ1) is 7.69. The molecule has 1 aromatic heterocycles. The Balaban J connectivity index is 2.61. The first-order valence-electron chi connectivity index (χ1n) is 4.68. The number of ether oxygens (including phenoxy) is 3. The summed E-state index contributed by atoms with van der Waals surface area (Å²) in [5, 5.41) is 1.85. The van der Waals surface area contributed by atoms with E-state index in [9.17, 15) is 4.79 Å². The molecule has 0 N–H and O–H groups in total. The van der Waals surface area contributed by atoms with Crippen LogP contribution in [0.3, 0.4) is 0 Å². The average Bonchev–Trinajstić information content (AvgIpc) is 2.77. The minimum Gasteiger partial charge on any atom is -0.495 e. The molecular formula is C11H12O4S. The lowest BCUT2D eigenvalue weighted by molar-refractivity contribution is -0.164. The van der Waals surface area contributed by atoms with E-state index in [4.69, 9.17) is 14.2 Å². The Morgan fingerprint density at radius 1 is 1.25 bits per heavy atom. The van der Waals surface area contributed by atoms with Gasteiger partial charge in [0.2, 0.25) is 5.78 Å². The van der Waals surface area contributed by atoms with Crippen LogP contribution in [0.2, 0.25) is 0 Å². The Morgan fingerprint density at radius 2 is 1.94 bits per heavy atom. The van der Waals surface area contributed by atoms with E-state index in [0.29, 0.717) is 11.3 Å². The molecule has 1 heterocycles. The standard InChI is InChI=1S/C11H12O4S/c1-13-9-6-8-7(4-5-16-8)10(12)11(9,14-2)15-3/h4-6H,1-3H3. The van der Waals surface area contributed by atoms with E-state index in [2.05, 4.69) is 0 Å². The highest BCUT2D eigenvalue weighted by Crippen LogP contribution is 2.37. The Kier molecular flexibility index (Phi) is 2.84. The molecule has 2 rings (SSSR count). The molecule has 0 aromatic carbocycles. The Hall–Kier alpha value is -1.17. The third-order valence-electron chi connectivity index (χ3n) is 2.62. The minimum atomic E-state index is -1.44. The van der Waals surface area contributed by atoms with Crippen LogP contribution < -0.4 is 0 Å². The predicted octanol–water partition coefficient (Wildman–Crippen LogP) is 1.92. The molecule has 0 saturated heterocycles. The molecule has 0 amide bonds. The molecule has 0 fully saturated rings. The smallest absolute Gasteiger partial charge is 0.293 e. The Labute approximate surface area is 97.4 Å². The zero-order valence-electron chi connectivity index (χ0n) is 9.27. The fourth-order valence-electron chi connectivity index (χ4n) is 1.79. The third-order valence-corrected chi connectivity index (χ3v) is 3.48. The van der Waals surface area contributed by atoms with E-state index in [1.807, 2.05) is 5.38 Å². The number of rotatable bonds is 3. The van der Waals surface area contributed by atoms with Gasteiger partial charge < -0.3 is 14.2 Å². The second kappa shape index (κ2) is 4.01. The largest absolute Gasteiger partial charge is 0.495 e. The highest BCUT2D eigenvalue weighted by molar-refractivity contribution is 7.11. The summed E-state index contributed by atoms with van der Waals surface area (Å²) in [4.78, 5) is 13.1. The van der Waals surface area contributed by atoms with Crippen LogP contribution in [0, 0.1) is 0 Å². The second-order valence-electron chi connectivity index (χ2n) is 3.27. The summed E-state index contributed by atoms with van der Waals surface area (Å²) in [7, 11) is 4.34. The summed E-state index contributed by atoms with van der Waals surface area (Å²) in [5.41, 5.74) is 0.606. The van der Waals surface area contributed by atoms with Gasteiger partial charge in [0, 0.05) is 24.7 Å². The third kappa shape index (κ3) is 1.32. The van der Waals surface area contributed by atoms with Crippen LogP contribution in [0.25, 0.3) is 6.08 Å². The highest BCUT2D eigenvalue weighted by atomic mass is 32.1. The number of hydrogen-bond donors (Lipinski definition) is 0. The number of fused-ring (bicyclic) bond motifs is 1. The number of ketones is 1. The second-order valence-corrected chi connectivity index (χ2v) is 4.21. The summed E-state index contributed by atoms with van der Waals surface area (Å²) in [6, 6.07) is 1.76. The van der Waals surface area contributed by atoms with Crippen molar-refractivity contribution in [3.8, 4) is 0 Å². The molecule has 4 nitrogen and oxygen atoms in total. The van der Waals surface area contributed by atoms with E-state index in [-0.39, 0.29) is 5.78 Å². The number of hydrogen-bond acceptors (Lipinski definition) is 5. The lowest BCUT2D eigenvalue weighted by Gasteiger charge is -2.32. The highest BCUT2D eigenvalue weighted by Gasteiger charge is 2.48. The van der Waals surface area contributed by atoms with Gasteiger partial charge in [-0.1, -0.05) is 0 Å². The van der Waals surface area contributed by atoms with Crippen LogP contribution in [0.4, 0.5) is 0 Å². The lowest BCUT2D eigenvalue weighted by atomic mass is 9.96. The van der Waals surface area contributed by atoms with E-state index in [1.165, 1.54) is 32.7 Å². The lowest BCUT2D eigenvalue weighted by Crippen LogP contribution is -2.46. The SMILES string of the molecule is COC1=Cc2sccc2C(=O)C1(OC)OC. The van der Waals surface area contributed by atoms with E-state index in [0.717, 1.165) is 4.88 Å². The fourth-order valence-corrected chi connectivity index (χ4v) is 2.60. The van der Waals surface area contributed by atoms with Gasteiger partial charge >= 0.3 is 0 Å². The molecule has 0 radical (unpaired) electrons. The summed E-state index contributed by atoms with van der Waals surface area (Å²) in [6.07, 6.45) is 1.77. The molecule has 5 heteroatoms. The van der Waals surface area contributed by atoms with Gasteiger partial charge in [-0.3, -0.25) is 4.79 Å². The van der Waals surface area contributed by atoms with Crippen molar-refractivity contribution >= 4 is 23.2 Å². The first-order valence-corrected chi connectivity index (χ1v) is 5.56. The van der Waals surface area contributed by atoms with Gasteiger partial charge in [-0.05, 0) is 17.5 Å². The van der Waals surface area contributed by atoms with Crippen LogP contribution in [0.1, 0.15) is 15.2 Å². The summed E-state index contributed by atoms with van der Waals surface area (Å²) in [5.74, 6) is -1.30. The molecule has 0 aliphatic heterocycles. The zero-order valence-corrected chi connectivity index (χ0v) is 10.1. The van der Waals surface area contributed by atoms with Crippen molar-refractivity contribution in [2.24, 2.45) is 0 Å². The summed E-state index contributed by atoms with van der Waals surface area (Å²) in [6.45, 7) is 0. The maximum Gasteiger partial charge on any atom is 0.293 e. The number of Topliss-reactive ketones (excluding diaryl/α,β-unsaturated/α-hetero) is 1. The van der Waals surface area contributed by atoms with Gasteiger partial charge in [-0.15, -0.1) is 11.3 Å². The van der Waals surface area contributed by atoms with Crippen LogP contribution in [-0.2, 0) is 14.2 Å². The molecule has 1 aromatic rings. The van der Waals surface area contributed by atoms with Crippen molar-refractivity contribution in [2.45, 2.75) is 5.79 Å². The van der Waals surface area contributed by atoms with Gasteiger partial charge in [-0.25, -0.2) is 0 Å². The molecule has 0 saturated carbocycles. The van der Waals surface area contributed by atoms with Gasteiger partial charge in [0.05, 0.1) is 7.11 Å². The fraction of sp³-hybridized carbons (Fsp3) is 0.364. The van der Waals surface area contributed by atoms with Crippen molar-refractivity contribution in [2.75, 3.05) is 21.3 Å². The Bertz CT molecular complexity index is 443. The average molecular weight is 240 g/mol. The van der Waals surface area contributed by atoms with Crippen molar-refractivity contribution in [3.05, 3.63) is 27.6 Å². The molecule has 1 aliphatic carbocycles. The van der Waals surface area contributed by atoms with Crippen molar-refractivity contribution in [1.29, 1.82) is 0 Å². The van der Waals surface area contributed by atoms with Crippen molar-refractivity contribution in [1.82, 2.24) is 0 Å². The van der Waals surface area contributed by atoms with Crippen LogP contribution in [0.15, 0.2) is 17.2 Å². The quantitative estimate of drug-likeness (QED) is 0.757. The van der Waals surface area contributed by atoms with Crippen molar-refractivity contribution in [3.63, 3.8) is 0 Å². The molecule has 16 heavy (non-hydrogen) atoms. The van der Waals surface area contributed by atoms with E-state index >= 15 is 0 Å².